The molecule has 118 valence electrons. The molecule has 0 heterocycles. The molecule has 0 aliphatic carbocycles. The molecular formula is C14H20F3N3O. The van der Waals surface area contributed by atoms with Gasteiger partial charge in [0.1, 0.15) is 0 Å². The van der Waals surface area contributed by atoms with Crippen molar-refractivity contribution < 1.29 is 18.4 Å². The van der Waals surface area contributed by atoms with Crippen LogP contribution in [0.25, 0.3) is 0 Å². The SMILES string of the molecule is CCC(C)(C)N(C)c1ccc(C(F)(F)F)c(/C(N)=N/O)c1. The number of hydrogen-bond donors (Lipinski definition) is 2. The van der Waals surface area contributed by atoms with Crippen LogP contribution in [0.3, 0.4) is 0 Å². The molecule has 1 aromatic rings. The zero-order valence-corrected chi connectivity index (χ0v) is 12.5. The number of anilines is 1. The molecule has 0 amide bonds. The van der Waals surface area contributed by atoms with Gasteiger partial charge in [0.2, 0.25) is 0 Å². The molecule has 0 aliphatic rings. The van der Waals surface area contributed by atoms with Crippen molar-refractivity contribution in [3.63, 3.8) is 0 Å². The van der Waals surface area contributed by atoms with Crippen molar-refractivity contribution in [2.75, 3.05) is 11.9 Å². The van der Waals surface area contributed by atoms with Crippen molar-refractivity contribution in [1.82, 2.24) is 0 Å². The van der Waals surface area contributed by atoms with E-state index in [9.17, 15) is 13.2 Å². The van der Waals surface area contributed by atoms with Crippen LogP contribution in [0.15, 0.2) is 23.4 Å². The van der Waals surface area contributed by atoms with Crippen LogP contribution in [-0.2, 0) is 6.18 Å². The highest BCUT2D eigenvalue weighted by Gasteiger charge is 2.35. The summed E-state index contributed by atoms with van der Waals surface area (Å²) in [6.45, 7) is 5.95. The largest absolute Gasteiger partial charge is 0.417 e. The molecule has 4 nitrogen and oxygen atoms in total. The molecular weight excluding hydrogens is 283 g/mol. The van der Waals surface area contributed by atoms with E-state index in [1.807, 2.05) is 25.7 Å². The van der Waals surface area contributed by atoms with Crippen molar-refractivity contribution in [2.45, 2.75) is 38.9 Å². The minimum Gasteiger partial charge on any atom is -0.409 e. The Labute approximate surface area is 122 Å². The van der Waals surface area contributed by atoms with Gasteiger partial charge in [0.15, 0.2) is 5.84 Å². The van der Waals surface area contributed by atoms with Gasteiger partial charge in [-0.15, -0.1) is 0 Å². The van der Waals surface area contributed by atoms with Crippen LogP contribution in [0.4, 0.5) is 18.9 Å². The highest BCUT2D eigenvalue weighted by molar-refractivity contribution is 5.99. The third kappa shape index (κ3) is 3.59. The second-order valence-electron chi connectivity index (χ2n) is 5.44. The van der Waals surface area contributed by atoms with Gasteiger partial charge in [0.05, 0.1) is 5.56 Å². The molecule has 0 saturated carbocycles. The van der Waals surface area contributed by atoms with Crippen molar-refractivity contribution in [3.05, 3.63) is 29.3 Å². The lowest BCUT2D eigenvalue weighted by Gasteiger charge is -2.37. The second-order valence-corrected chi connectivity index (χ2v) is 5.44. The molecule has 0 spiro atoms. The number of oxime groups is 1. The Balaban J connectivity index is 3.42. The molecule has 0 aromatic heterocycles. The molecule has 1 rings (SSSR count). The normalized spacial score (nSPS) is 13.4. The van der Waals surface area contributed by atoms with Gasteiger partial charge in [-0.25, -0.2) is 0 Å². The summed E-state index contributed by atoms with van der Waals surface area (Å²) in [6, 6.07) is 3.62. The van der Waals surface area contributed by atoms with Gasteiger partial charge in [0.25, 0.3) is 0 Å². The maximum Gasteiger partial charge on any atom is 0.417 e. The summed E-state index contributed by atoms with van der Waals surface area (Å²) in [5, 5.41) is 11.4. The Morgan fingerprint density at radius 1 is 1.33 bits per heavy atom. The number of alkyl halides is 3. The lowest BCUT2D eigenvalue weighted by Crippen LogP contribution is -2.40. The first kappa shape index (κ1) is 17.1. The van der Waals surface area contributed by atoms with Crippen molar-refractivity contribution in [1.29, 1.82) is 0 Å². The van der Waals surface area contributed by atoms with E-state index in [1.165, 1.54) is 12.1 Å². The number of halogens is 3. The molecule has 21 heavy (non-hydrogen) atoms. The van der Waals surface area contributed by atoms with Crippen LogP contribution in [0, 0.1) is 0 Å². The summed E-state index contributed by atoms with van der Waals surface area (Å²) in [7, 11) is 1.79. The standard InChI is InChI=1S/C14H20F3N3O/c1-5-13(2,3)20(4)9-6-7-11(14(15,16)17)10(8-9)12(18)19-21/h6-8,21H,5H2,1-4H3,(H2,18,19). The van der Waals surface area contributed by atoms with E-state index < -0.39 is 17.6 Å². The van der Waals surface area contributed by atoms with Crippen LogP contribution in [-0.4, -0.2) is 23.6 Å². The van der Waals surface area contributed by atoms with Gasteiger partial charge in [-0.2, -0.15) is 13.2 Å². The van der Waals surface area contributed by atoms with Crippen LogP contribution >= 0.6 is 0 Å². The van der Waals surface area contributed by atoms with Gasteiger partial charge in [-0.3, -0.25) is 0 Å². The first-order valence-corrected chi connectivity index (χ1v) is 6.47. The Bertz CT molecular complexity index is 539. The number of nitrogens with two attached hydrogens (primary N) is 1. The van der Waals surface area contributed by atoms with E-state index in [-0.39, 0.29) is 11.1 Å². The molecule has 3 N–H and O–H groups in total. The second kappa shape index (κ2) is 5.83. The van der Waals surface area contributed by atoms with Crippen molar-refractivity contribution in [3.8, 4) is 0 Å². The molecule has 0 atom stereocenters. The summed E-state index contributed by atoms with van der Waals surface area (Å²) in [5.41, 5.74) is 4.46. The molecule has 1 aromatic carbocycles. The maximum atomic E-state index is 13.0. The van der Waals surface area contributed by atoms with Gasteiger partial charge in [0, 0.05) is 23.8 Å². The molecule has 0 radical (unpaired) electrons. The number of amidine groups is 1. The van der Waals surface area contributed by atoms with Gasteiger partial charge < -0.3 is 15.8 Å². The smallest absolute Gasteiger partial charge is 0.409 e. The topological polar surface area (TPSA) is 61.8 Å². The van der Waals surface area contributed by atoms with E-state index in [1.54, 1.807) is 7.05 Å². The predicted octanol–water partition coefficient (Wildman–Crippen LogP) is 3.42. The lowest BCUT2D eigenvalue weighted by molar-refractivity contribution is -0.137. The minimum atomic E-state index is -4.57. The third-order valence-corrected chi connectivity index (χ3v) is 3.85. The Morgan fingerprint density at radius 2 is 1.90 bits per heavy atom. The van der Waals surface area contributed by atoms with Gasteiger partial charge in [-0.05, 0) is 38.5 Å². The van der Waals surface area contributed by atoms with Crippen molar-refractivity contribution in [2.24, 2.45) is 10.9 Å². The highest BCUT2D eigenvalue weighted by atomic mass is 19.4. The van der Waals surface area contributed by atoms with Crippen LogP contribution < -0.4 is 10.6 Å². The zero-order chi connectivity index (χ0) is 16.4. The van der Waals surface area contributed by atoms with Crippen LogP contribution in [0.5, 0.6) is 0 Å². The number of hydrogen-bond acceptors (Lipinski definition) is 3. The quantitative estimate of drug-likeness (QED) is 0.388. The molecule has 0 aliphatic heterocycles. The van der Waals surface area contributed by atoms with Crippen LogP contribution in [0.2, 0.25) is 0 Å². The summed E-state index contributed by atoms with van der Waals surface area (Å²) in [5.74, 6) is -0.563. The molecule has 0 bridgehead atoms. The number of rotatable bonds is 4. The fraction of sp³-hybridized carbons (Fsp3) is 0.500. The fourth-order valence-electron chi connectivity index (χ4n) is 1.84. The van der Waals surface area contributed by atoms with Crippen LogP contribution in [0.1, 0.15) is 38.3 Å². The maximum absolute atomic E-state index is 13.0. The van der Waals surface area contributed by atoms with E-state index in [4.69, 9.17) is 10.9 Å². The summed E-state index contributed by atoms with van der Waals surface area (Å²) in [4.78, 5) is 1.86. The highest BCUT2D eigenvalue weighted by Crippen LogP contribution is 2.35. The number of nitrogens with zero attached hydrogens (tertiary/aromatic N) is 2. The summed E-state index contributed by atoms with van der Waals surface area (Å²) < 4.78 is 38.9. The van der Waals surface area contributed by atoms with E-state index in [0.717, 1.165) is 12.5 Å². The Kier molecular flexibility index (Phi) is 4.76. The zero-order valence-electron chi connectivity index (χ0n) is 12.5. The number of benzene rings is 1. The van der Waals surface area contributed by atoms with E-state index in [0.29, 0.717) is 5.69 Å². The first-order valence-electron chi connectivity index (χ1n) is 6.47. The third-order valence-electron chi connectivity index (χ3n) is 3.85. The lowest BCUT2D eigenvalue weighted by atomic mass is 9.97. The monoisotopic (exact) mass is 303 g/mol. The molecule has 0 unspecified atom stereocenters. The summed E-state index contributed by atoms with van der Waals surface area (Å²) >= 11 is 0. The Hall–Kier alpha value is -1.92. The fourth-order valence-corrected chi connectivity index (χ4v) is 1.84. The van der Waals surface area contributed by atoms with Gasteiger partial charge >= 0.3 is 6.18 Å². The minimum absolute atomic E-state index is 0.234. The van der Waals surface area contributed by atoms with Gasteiger partial charge in [-0.1, -0.05) is 12.1 Å². The molecule has 7 heteroatoms. The predicted molar refractivity (Wildman–Crippen MR) is 76.7 cm³/mol. The Morgan fingerprint density at radius 3 is 2.33 bits per heavy atom. The van der Waals surface area contributed by atoms with E-state index in [2.05, 4.69) is 5.16 Å². The van der Waals surface area contributed by atoms with Crippen molar-refractivity contribution >= 4 is 11.5 Å². The molecule has 0 fully saturated rings. The molecule has 0 saturated heterocycles. The van der Waals surface area contributed by atoms with E-state index >= 15 is 0 Å². The summed E-state index contributed by atoms with van der Waals surface area (Å²) in [6.07, 6.45) is -3.76. The average molecular weight is 303 g/mol. The first-order chi connectivity index (χ1) is 9.54. The average Bonchev–Trinajstić information content (AvgIpc) is 2.43.